The monoisotopic (exact) mass is 382 g/mol. The first-order valence-corrected chi connectivity index (χ1v) is 10.4. The Morgan fingerprint density at radius 3 is 2.63 bits per heavy atom. The lowest BCUT2D eigenvalue weighted by Gasteiger charge is -2.33. The number of nitrogens with one attached hydrogen (secondary N) is 1. The molecule has 0 radical (unpaired) electrons. The summed E-state index contributed by atoms with van der Waals surface area (Å²) in [5.41, 5.74) is 3.27. The van der Waals surface area contributed by atoms with Gasteiger partial charge in [0, 0.05) is 42.5 Å². The fourth-order valence-electron chi connectivity index (χ4n) is 3.83. The van der Waals surface area contributed by atoms with Gasteiger partial charge in [-0.3, -0.25) is 8.96 Å². The smallest absolute Gasteiger partial charge is 0.124 e. The number of hydrogen-bond acceptors (Lipinski definition) is 4. The summed E-state index contributed by atoms with van der Waals surface area (Å²) in [5, 5.41) is 3.76. The molecule has 27 heavy (non-hydrogen) atoms. The van der Waals surface area contributed by atoms with Crippen LogP contribution in [0.15, 0.2) is 53.7 Å². The van der Waals surface area contributed by atoms with Crippen molar-refractivity contribution in [3.05, 3.63) is 54.6 Å². The van der Waals surface area contributed by atoms with Gasteiger partial charge in [0.05, 0.1) is 11.2 Å². The average molecular weight is 383 g/mol. The number of benzene rings is 1. The summed E-state index contributed by atoms with van der Waals surface area (Å²) < 4.78 is 15.7. The minimum Gasteiger partial charge on any atom is -0.368 e. The van der Waals surface area contributed by atoms with Gasteiger partial charge in [-0.1, -0.05) is 6.07 Å². The van der Waals surface area contributed by atoms with Gasteiger partial charge in [-0.2, -0.15) is 0 Å². The first-order chi connectivity index (χ1) is 13.3. The molecule has 2 aliphatic rings. The molecule has 1 N–H and O–H groups in total. The second kappa shape index (κ2) is 7.17. The predicted molar refractivity (Wildman–Crippen MR) is 109 cm³/mol. The zero-order chi connectivity index (χ0) is 18.2. The highest BCUT2D eigenvalue weighted by Gasteiger charge is 2.28. The number of fused-ring (bicyclic) bond motifs is 1. The Kier molecular flexibility index (Phi) is 4.53. The summed E-state index contributed by atoms with van der Waals surface area (Å²) in [6, 6.07) is 12.2. The molecule has 5 rings (SSSR count). The van der Waals surface area contributed by atoms with E-state index >= 15 is 0 Å². The molecule has 0 atom stereocenters. The van der Waals surface area contributed by atoms with E-state index in [0.29, 0.717) is 6.04 Å². The van der Waals surface area contributed by atoms with Crippen LogP contribution >= 0.6 is 11.9 Å². The van der Waals surface area contributed by atoms with Crippen LogP contribution in [0, 0.1) is 5.82 Å². The van der Waals surface area contributed by atoms with Crippen LogP contribution in [0.2, 0.25) is 0 Å². The number of nitrogens with zero attached hydrogens (tertiary/aromatic N) is 3. The summed E-state index contributed by atoms with van der Waals surface area (Å²) in [6.45, 7) is 2.09. The van der Waals surface area contributed by atoms with Gasteiger partial charge < -0.3 is 10.2 Å². The van der Waals surface area contributed by atoms with E-state index < -0.39 is 0 Å². The van der Waals surface area contributed by atoms with E-state index in [2.05, 4.69) is 31.4 Å². The first kappa shape index (κ1) is 17.1. The average Bonchev–Trinajstić information content (AvgIpc) is 3.43. The number of rotatable bonds is 5. The van der Waals surface area contributed by atoms with Crippen molar-refractivity contribution in [3.8, 4) is 0 Å². The van der Waals surface area contributed by atoms with Gasteiger partial charge in [-0.05, 0) is 68.0 Å². The topological polar surface area (TPSA) is 33.1 Å². The number of halogens is 1. The van der Waals surface area contributed by atoms with Gasteiger partial charge in [0.1, 0.15) is 11.3 Å². The minimum atomic E-state index is -0.208. The number of anilines is 1. The maximum Gasteiger partial charge on any atom is 0.124 e. The summed E-state index contributed by atoms with van der Waals surface area (Å²) in [7, 11) is 0. The van der Waals surface area contributed by atoms with Crippen LogP contribution in [0.5, 0.6) is 0 Å². The quantitative estimate of drug-likeness (QED) is 0.707. The van der Waals surface area contributed by atoms with Crippen molar-refractivity contribution in [3.63, 3.8) is 0 Å². The maximum atomic E-state index is 13.6. The third-order valence-corrected chi connectivity index (χ3v) is 6.35. The Hall–Kier alpha value is -2.05. The summed E-state index contributed by atoms with van der Waals surface area (Å²) in [6.07, 6.45) is 9.04. The summed E-state index contributed by atoms with van der Waals surface area (Å²) in [5.74, 6) is -0.208. The second-order valence-corrected chi connectivity index (χ2v) is 8.51. The molecule has 3 aromatic rings. The molecule has 2 fully saturated rings. The van der Waals surface area contributed by atoms with Crippen LogP contribution in [0.4, 0.5) is 10.1 Å². The van der Waals surface area contributed by atoms with Crippen LogP contribution in [0.1, 0.15) is 25.7 Å². The normalized spacial score (nSPS) is 18.3. The highest BCUT2D eigenvalue weighted by atomic mass is 32.2. The molecule has 1 aliphatic heterocycles. The first-order valence-electron chi connectivity index (χ1n) is 9.67. The SMILES string of the molecule is Fc1cccc(Sn2cc(N3CCC(NC4CC4)CC3)c3ncccc32)c1. The molecule has 2 aromatic heterocycles. The van der Waals surface area contributed by atoms with E-state index in [9.17, 15) is 4.39 Å². The van der Waals surface area contributed by atoms with E-state index in [1.165, 1.54) is 49.4 Å². The molecule has 0 unspecified atom stereocenters. The van der Waals surface area contributed by atoms with Gasteiger partial charge in [0.25, 0.3) is 0 Å². The molecule has 6 heteroatoms. The predicted octanol–water partition coefficient (Wildman–Crippen LogP) is 4.45. The third kappa shape index (κ3) is 3.69. The Labute approximate surface area is 162 Å². The molecule has 0 amide bonds. The standard InChI is InChI=1S/C21H23FN4S/c22-15-3-1-4-18(13-15)27-26-14-20(21-19(26)5-2-10-23-21)25-11-8-17(9-12-25)24-16-6-7-16/h1-5,10,13-14,16-17,24H,6-9,11-12H2. The Morgan fingerprint density at radius 2 is 1.85 bits per heavy atom. The summed E-state index contributed by atoms with van der Waals surface area (Å²) >= 11 is 1.53. The lowest BCUT2D eigenvalue weighted by molar-refractivity contribution is 0.413. The van der Waals surface area contributed by atoms with Crippen molar-refractivity contribution in [1.82, 2.24) is 14.3 Å². The van der Waals surface area contributed by atoms with Crippen LogP contribution in [-0.4, -0.2) is 34.1 Å². The van der Waals surface area contributed by atoms with Crippen molar-refractivity contribution < 1.29 is 4.39 Å². The molecule has 1 aromatic carbocycles. The fourth-order valence-corrected chi connectivity index (χ4v) is 4.76. The largest absolute Gasteiger partial charge is 0.368 e. The van der Waals surface area contributed by atoms with E-state index in [0.717, 1.165) is 35.1 Å². The Morgan fingerprint density at radius 1 is 1.04 bits per heavy atom. The summed E-state index contributed by atoms with van der Waals surface area (Å²) in [4.78, 5) is 7.98. The minimum absolute atomic E-state index is 0.208. The zero-order valence-electron chi connectivity index (χ0n) is 15.1. The van der Waals surface area contributed by atoms with Crippen LogP contribution < -0.4 is 10.2 Å². The van der Waals surface area contributed by atoms with Crippen molar-refractivity contribution >= 4 is 28.7 Å². The molecule has 1 aliphatic carbocycles. The molecular weight excluding hydrogens is 359 g/mol. The molecule has 0 spiro atoms. The molecule has 3 heterocycles. The number of piperidine rings is 1. The molecule has 0 bridgehead atoms. The number of aromatic nitrogens is 2. The van der Waals surface area contributed by atoms with Crippen molar-refractivity contribution in [2.24, 2.45) is 0 Å². The number of hydrogen-bond donors (Lipinski definition) is 1. The van der Waals surface area contributed by atoms with Crippen LogP contribution in [-0.2, 0) is 0 Å². The van der Waals surface area contributed by atoms with Crippen LogP contribution in [0.25, 0.3) is 11.0 Å². The molecule has 1 saturated heterocycles. The zero-order valence-corrected chi connectivity index (χ0v) is 16.0. The van der Waals surface area contributed by atoms with Crippen molar-refractivity contribution in [2.45, 2.75) is 42.7 Å². The molecule has 4 nitrogen and oxygen atoms in total. The molecule has 1 saturated carbocycles. The Balaban J connectivity index is 1.39. The van der Waals surface area contributed by atoms with E-state index in [4.69, 9.17) is 0 Å². The van der Waals surface area contributed by atoms with Gasteiger partial charge in [-0.25, -0.2) is 4.39 Å². The van der Waals surface area contributed by atoms with Crippen LogP contribution in [0.3, 0.4) is 0 Å². The molecular formula is C21H23FN4S. The van der Waals surface area contributed by atoms with Gasteiger partial charge in [0.2, 0.25) is 0 Å². The lowest BCUT2D eigenvalue weighted by atomic mass is 10.0. The van der Waals surface area contributed by atoms with Gasteiger partial charge >= 0.3 is 0 Å². The number of pyridine rings is 1. The lowest BCUT2D eigenvalue weighted by Crippen LogP contribution is -2.43. The van der Waals surface area contributed by atoms with Gasteiger partial charge in [0.15, 0.2) is 0 Å². The van der Waals surface area contributed by atoms with Gasteiger partial charge in [-0.15, -0.1) is 0 Å². The maximum absolute atomic E-state index is 13.6. The third-order valence-electron chi connectivity index (χ3n) is 5.39. The highest BCUT2D eigenvalue weighted by Crippen LogP contribution is 2.34. The van der Waals surface area contributed by atoms with E-state index in [-0.39, 0.29) is 5.82 Å². The Bertz CT molecular complexity index is 944. The second-order valence-electron chi connectivity index (χ2n) is 7.46. The van der Waals surface area contributed by atoms with E-state index in [1.54, 1.807) is 12.1 Å². The van der Waals surface area contributed by atoms with Crippen molar-refractivity contribution in [2.75, 3.05) is 18.0 Å². The fraction of sp³-hybridized carbons (Fsp3) is 0.381. The highest BCUT2D eigenvalue weighted by molar-refractivity contribution is 7.98. The molecule has 140 valence electrons. The van der Waals surface area contributed by atoms with E-state index in [1.807, 2.05) is 18.3 Å². The van der Waals surface area contributed by atoms with Crippen molar-refractivity contribution in [1.29, 1.82) is 0 Å².